The average molecular weight is 330 g/mol. The number of rotatable bonds is 4. The van der Waals surface area contributed by atoms with Crippen molar-refractivity contribution >= 4 is 17.7 Å². The van der Waals surface area contributed by atoms with Gasteiger partial charge in [-0.3, -0.25) is 4.79 Å². The number of benzene rings is 1. The molecule has 1 aliphatic rings. The Morgan fingerprint density at radius 1 is 1.21 bits per heavy atom. The molecule has 1 aromatic rings. The number of amides is 2. The molecule has 0 N–H and O–H groups in total. The van der Waals surface area contributed by atoms with Crippen molar-refractivity contribution in [1.29, 1.82) is 5.26 Å². The first-order valence-electron chi connectivity index (χ1n) is 8.15. The predicted molar refractivity (Wildman–Crippen MR) is 88.6 cm³/mol. The maximum atomic E-state index is 12.9. The first kappa shape index (κ1) is 17.8. The van der Waals surface area contributed by atoms with E-state index < -0.39 is 6.09 Å². The first-order chi connectivity index (χ1) is 11.6. The molecular weight excluding hydrogens is 308 g/mol. The Labute approximate surface area is 142 Å². The van der Waals surface area contributed by atoms with Gasteiger partial charge in [0.15, 0.2) is 0 Å². The van der Waals surface area contributed by atoms with Crippen LogP contribution in [0, 0.1) is 23.2 Å². The van der Waals surface area contributed by atoms with E-state index in [4.69, 9.17) is 14.7 Å². The van der Waals surface area contributed by atoms with Crippen LogP contribution in [0.1, 0.15) is 32.6 Å². The lowest BCUT2D eigenvalue weighted by atomic mass is 9.82. The molecule has 0 saturated heterocycles. The van der Waals surface area contributed by atoms with Crippen LogP contribution in [0.15, 0.2) is 24.3 Å². The van der Waals surface area contributed by atoms with E-state index in [1.807, 2.05) is 0 Å². The van der Waals surface area contributed by atoms with Crippen LogP contribution in [-0.4, -0.2) is 25.7 Å². The largest absolute Gasteiger partial charge is 0.497 e. The molecule has 1 aliphatic carbocycles. The number of nitrogens with zero attached hydrogens (tertiary/aromatic N) is 2. The van der Waals surface area contributed by atoms with Crippen LogP contribution in [0.4, 0.5) is 10.5 Å². The van der Waals surface area contributed by atoms with Crippen LogP contribution in [0.2, 0.25) is 0 Å². The minimum Gasteiger partial charge on any atom is -0.497 e. The van der Waals surface area contributed by atoms with Gasteiger partial charge in [-0.1, -0.05) is 0 Å². The van der Waals surface area contributed by atoms with Gasteiger partial charge in [0.05, 0.1) is 25.5 Å². The lowest BCUT2D eigenvalue weighted by Crippen LogP contribution is -2.42. The number of hydrogen-bond donors (Lipinski definition) is 0. The van der Waals surface area contributed by atoms with E-state index in [0.29, 0.717) is 37.1 Å². The molecule has 1 saturated carbocycles. The average Bonchev–Trinajstić information content (AvgIpc) is 2.62. The van der Waals surface area contributed by atoms with E-state index in [1.165, 1.54) is 0 Å². The third-order valence-corrected chi connectivity index (χ3v) is 4.26. The maximum Gasteiger partial charge on any atom is 0.421 e. The van der Waals surface area contributed by atoms with Gasteiger partial charge < -0.3 is 9.47 Å². The summed E-state index contributed by atoms with van der Waals surface area (Å²) >= 11 is 0. The molecule has 0 aliphatic heterocycles. The molecule has 0 unspecified atom stereocenters. The number of carbonyl (C=O) groups is 2. The summed E-state index contributed by atoms with van der Waals surface area (Å²) in [7, 11) is 1.55. The molecule has 0 radical (unpaired) electrons. The van der Waals surface area contributed by atoms with Crippen molar-refractivity contribution < 1.29 is 19.1 Å². The SMILES string of the molecule is CCOC(=O)N(C(=O)C1CCC(C#N)CC1)c1ccc(OC)cc1. The van der Waals surface area contributed by atoms with Gasteiger partial charge in [-0.25, -0.2) is 9.69 Å². The minimum absolute atomic E-state index is 0.00563. The van der Waals surface area contributed by atoms with Crippen molar-refractivity contribution in [2.75, 3.05) is 18.6 Å². The van der Waals surface area contributed by atoms with E-state index in [2.05, 4.69) is 6.07 Å². The van der Waals surface area contributed by atoms with Crippen LogP contribution in [0.5, 0.6) is 5.75 Å². The number of nitriles is 1. The number of imide groups is 1. The molecule has 6 nitrogen and oxygen atoms in total. The van der Waals surface area contributed by atoms with E-state index in [9.17, 15) is 9.59 Å². The van der Waals surface area contributed by atoms with Gasteiger partial charge in [0.1, 0.15) is 5.75 Å². The number of hydrogen-bond acceptors (Lipinski definition) is 5. The highest BCUT2D eigenvalue weighted by atomic mass is 16.6. The normalized spacial score (nSPS) is 19.9. The zero-order valence-corrected chi connectivity index (χ0v) is 14.0. The summed E-state index contributed by atoms with van der Waals surface area (Å²) in [6, 6.07) is 8.96. The standard InChI is InChI=1S/C18H22N2O4/c1-3-24-18(22)20(15-8-10-16(23-2)11-9-15)17(21)14-6-4-13(12-19)5-7-14/h8-11,13-14H,3-7H2,1-2H3. The summed E-state index contributed by atoms with van der Waals surface area (Å²) in [5.74, 6) is 0.117. The van der Waals surface area contributed by atoms with E-state index in [-0.39, 0.29) is 24.3 Å². The summed E-state index contributed by atoms with van der Waals surface area (Å²) in [6.45, 7) is 1.90. The van der Waals surface area contributed by atoms with Crippen LogP contribution in [-0.2, 0) is 9.53 Å². The molecule has 0 aromatic heterocycles. The molecule has 2 amide bonds. The zero-order valence-electron chi connectivity index (χ0n) is 14.0. The Morgan fingerprint density at radius 3 is 2.33 bits per heavy atom. The van der Waals surface area contributed by atoms with Crippen LogP contribution < -0.4 is 9.64 Å². The van der Waals surface area contributed by atoms with Crippen molar-refractivity contribution in [2.24, 2.45) is 11.8 Å². The molecular formula is C18H22N2O4. The molecule has 6 heteroatoms. The highest BCUT2D eigenvalue weighted by Crippen LogP contribution is 2.31. The van der Waals surface area contributed by atoms with Crippen LogP contribution in [0.3, 0.4) is 0 Å². The van der Waals surface area contributed by atoms with Crippen LogP contribution >= 0.6 is 0 Å². The van der Waals surface area contributed by atoms with Gasteiger partial charge in [0.25, 0.3) is 0 Å². The van der Waals surface area contributed by atoms with Gasteiger partial charge in [0.2, 0.25) is 5.91 Å². The Hall–Kier alpha value is -2.55. The second kappa shape index (κ2) is 8.34. The Bertz CT molecular complexity index is 613. The fourth-order valence-electron chi connectivity index (χ4n) is 2.89. The number of methoxy groups -OCH3 is 1. The molecule has 0 atom stereocenters. The maximum absolute atomic E-state index is 12.9. The fourth-order valence-corrected chi connectivity index (χ4v) is 2.89. The summed E-state index contributed by atoms with van der Waals surface area (Å²) in [4.78, 5) is 26.3. The van der Waals surface area contributed by atoms with Crippen molar-refractivity contribution in [1.82, 2.24) is 0 Å². The Morgan fingerprint density at radius 2 is 1.83 bits per heavy atom. The smallest absolute Gasteiger partial charge is 0.421 e. The molecule has 128 valence electrons. The highest BCUT2D eigenvalue weighted by molar-refractivity contribution is 6.13. The quantitative estimate of drug-likeness (QED) is 0.844. The Balaban J connectivity index is 2.20. The van der Waals surface area contributed by atoms with E-state index >= 15 is 0 Å². The first-order valence-corrected chi connectivity index (χ1v) is 8.15. The lowest BCUT2D eigenvalue weighted by Gasteiger charge is -2.28. The monoisotopic (exact) mass is 330 g/mol. The topological polar surface area (TPSA) is 79.6 Å². The van der Waals surface area contributed by atoms with E-state index in [0.717, 1.165) is 4.90 Å². The molecule has 0 bridgehead atoms. The summed E-state index contributed by atoms with van der Waals surface area (Å²) in [6.07, 6.45) is 1.93. The third-order valence-electron chi connectivity index (χ3n) is 4.26. The van der Waals surface area contributed by atoms with Gasteiger partial charge in [-0.05, 0) is 56.9 Å². The molecule has 1 fully saturated rings. The van der Waals surface area contributed by atoms with Crippen LogP contribution in [0.25, 0.3) is 0 Å². The molecule has 2 rings (SSSR count). The number of ether oxygens (including phenoxy) is 2. The lowest BCUT2D eigenvalue weighted by molar-refractivity contribution is -0.123. The van der Waals surface area contributed by atoms with Gasteiger partial charge in [-0.2, -0.15) is 5.26 Å². The molecule has 24 heavy (non-hydrogen) atoms. The Kier molecular flexibility index (Phi) is 6.19. The summed E-state index contributed by atoms with van der Waals surface area (Å²) < 4.78 is 10.2. The number of carbonyl (C=O) groups excluding carboxylic acids is 2. The molecule has 0 spiro atoms. The predicted octanol–water partition coefficient (Wildman–Crippen LogP) is 3.51. The van der Waals surface area contributed by atoms with Crippen molar-refractivity contribution in [3.63, 3.8) is 0 Å². The second-order valence-electron chi connectivity index (χ2n) is 5.75. The van der Waals surface area contributed by atoms with Crippen molar-refractivity contribution in [2.45, 2.75) is 32.6 Å². The fraction of sp³-hybridized carbons (Fsp3) is 0.500. The van der Waals surface area contributed by atoms with Gasteiger partial charge >= 0.3 is 6.09 Å². The summed E-state index contributed by atoms with van der Waals surface area (Å²) in [5.41, 5.74) is 0.460. The van der Waals surface area contributed by atoms with Crippen molar-refractivity contribution in [3.05, 3.63) is 24.3 Å². The van der Waals surface area contributed by atoms with Gasteiger partial charge in [0, 0.05) is 11.8 Å². The molecule has 1 aromatic carbocycles. The van der Waals surface area contributed by atoms with Crippen molar-refractivity contribution in [3.8, 4) is 11.8 Å². The zero-order chi connectivity index (χ0) is 17.5. The highest BCUT2D eigenvalue weighted by Gasteiger charge is 2.34. The van der Waals surface area contributed by atoms with E-state index in [1.54, 1.807) is 38.3 Å². The summed E-state index contributed by atoms with van der Waals surface area (Å²) in [5, 5.41) is 8.98. The minimum atomic E-state index is -0.671. The van der Waals surface area contributed by atoms with Gasteiger partial charge in [-0.15, -0.1) is 0 Å². The second-order valence-corrected chi connectivity index (χ2v) is 5.75. The molecule has 0 heterocycles. The number of anilines is 1. The third kappa shape index (κ3) is 4.05.